The van der Waals surface area contributed by atoms with E-state index in [0.717, 1.165) is 12.1 Å². The molecule has 0 amide bonds. The van der Waals surface area contributed by atoms with Gasteiger partial charge in [-0.1, -0.05) is 19.9 Å². The van der Waals surface area contributed by atoms with E-state index in [0.29, 0.717) is 12.8 Å². The van der Waals surface area contributed by atoms with Gasteiger partial charge in [-0.3, -0.25) is 0 Å². The summed E-state index contributed by atoms with van der Waals surface area (Å²) in [7, 11) is 0. The number of aliphatic hydroxyl groups excluding tert-OH is 1. The van der Waals surface area contributed by atoms with E-state index in [1.54, 1.807) is 0 Å². The Labute approximate surface area is 99.2 Å². The third-order valence-electron chi connectivity index (χ3n) is 3.87. The maximum Gasteiger partial charge on any atom is 0.191 e. The molecule has 4 heteroatoms. The zero-order valence-electron chi connectivity index (χ0n) is 9.91. The molecule has 0 aromatic heterocycles. The van der Waals surface area contributed by atoms with E-state index in [1.807, 2.05) is 13.8 Å². The van der Waals surface area contributed by atoms with Gasteiger partial charge in [0.2, 0.25) is 0 Å². The van der Waals surface area contributed by atoms with Crippen LogP contribution in [0.3, 0.4) is 0 Å². The van der Waals surface area contributed by atoms with Crippen LogP contribution in [0.15, 0.2) is 18.2 Å². The Morgan fingerprint density at radius 1 is 1.41 bits per heavy atom. The molecule has 1 aliphatic rings. The van der Waals surface area contributed by atoms with E-state index < -0.39 is 23.2 Å². The van der Waals surface area contributed by atoms with Gasteiger partial charge in [0.25, 0.3) is 0 Å². The molecule has 0 heterocycles. The number of ether oxygens (including phenoxy) is 1. The third-order valence-corrected chi connectivity index (χ3v) is 3.87. The molecule has 1 saturated carbocycles. The summed E-state index contributed by atoms with van der Waals surface area (Å²) < 4.78 is 32.2. The van der Waals surface area contributed by atoms with Gasteiger partial charge in [0.05, 0.1) is 6.10 Å². The Kier molecular flexibility index (Phi) is 3.08. The second-order valence-electron chi connectivity index (χ2n) is 4.77. The lowest BCUT2D eigenvalue weighted by atomic mass is 9.63. The van der Waals surface area contributed by atoms with Crippen molar-refractivity contribution in [2.24, 2.45) is 5.41 Å². The summed E-state index contributed by atoms with van der Waals surface area (Å²) in [6, 6.07) is 3.62. The molecule has 0 aliphatic heterocycles. The standard InChI is InChI=1S/C13H16F2O2/c1-3-13(2)10(16)7-11(13)17-12-8(14)5-4-6-9(12)15/h4-6,10-11,16H,3,7H2,1-2H3. The Morgan fingerprint density at radius 3 is 2.47 bits per heavy atom. The van der Waals surface area contributed by atoms with Gasteiger partial charge in [-0.25, -0.2) is 8.78 Å². The summed E-state index contributed by atoms with van der Waals surface area (Å²) >= 11 is 0. The zero-order valence-corrected chi connectivity index (χ0v) is 9.91. The summed E-state index contributed by atoms with van der Waals surface area (Å²) in [5, 5.41) is 9.69. The number of hydrogen-bond donors (Lipinski definition) is 1. The van der Waals surface area contributed by atoms with Crippen molar-refractivity contribution in [1.82, 2.24) is 0 Å². The van der Waals surface area contributed by atoms with Gasteiger partial charge in [0, 0.05) is 11.8 Å². The first-order chi connectivity index (χ1) is 7.99. The minimum absolute atomic E-state index is 0.339. The molecule has 0 spiro atoms. The Morgan fingerprint density at radius 2 is 2.00 bits per heavy atom. The molecule has 1 N–H and O–H groups in total. The lowest BCUT2D eigenvalue weighted by Crippen LogP contribution is -2.57. The van der Waals surface area contributed by atoms with Crippen molar-refractivity contribution < 1.29 is 18.6 Å². The van der Waals surface area contributed by atoms with E-state index in [9.17, 15) is 13.9 Å². The molecular weight excluding hydrogens is 226 g/mol. The first-order valence-corrected chi connectivity index (χ1v) is 5.77. The van der Waals surface area contributed by atoms with Crippen LogP contribution in [0, 0.1) is 17.0 Å². The molecule has 17 heavy (non-hydrogen) atoms. The lowest BCUT2D eigenvalue weighted by molar-refractivity contribution is -0.148. The topological polar surface area (TPSA) is 29.5 Å². The Hall–Kier alpha value is -1.16. The second-order valence-corrected chi connectivity index (χ2v) is 4.77. The van der Waals surface area contributed by atoms with Crippen molar-refractivity contribution in [3.8, 4) is 5.75 Å². The Bertz CT molecular complexity index is 402. The molecule has 2 rings (SSSR count). The van der Waals surface area contributed by atoms with Crippen LogP contribution < -0.4 is 4.74 Å². The van der Waals surface area contributed by atoms with Crippen LogP contribution in [0.4, 0.5) is 8.78 Å². The van der Waals surface area contributed by atoms with Gasteiger partial charge in [-0.05, 0) is 18.6 Å². The molecule has 1 aliphatic carbocycles. The molecule has 2 nitrogen and oxygen atoms in total. The van der Waals surface area contributed by atoms with Crippen LogP contribution in [0.1, 0.15) is 26.7 Å². The van der Waals surface area contributed by atoms with Crippen molar-refractivity contribution >= 4 is 0 Å². The summed E-state index contributed by atoms with van der Waals surface area (Å²) in [5.74, 6) is -1.75. The van der Waals surface area contributed by atoms with Gasteiger partial charge in [0.15, 0.2) is 17.4 Å². The SMILES string of the molecule is CCC1(C)C(O)CC1Oc1c(F)cccc1F. The summed E-state index contributed by atoms with van der Waals surface area (Å²) in [6.07, 6.45) is 0.314. The number of halogens is 2. The van der Waals surface area contributed by atoms with Crippen molar-refractivity contribution in [2.75, 3.05) is 0 Å². The molecule has 3 unspecified atom stereocenters. The number of para-hydroxylation sites is 1. The molecule has 0 saturated heterocycles. The van der Waals surface area contributed by atoms with Crippen molar-refractivity contribution in [2.45, 2.75) is 38.9 Å². The first-order valence-electron chi connectivity index (χ1n) is 5.77. The van der Waals surface area contributed by atoms with Crippen LogP contribution in [-0.4, -0.2) is 17.3 Å². The highest BCUT2D eigenvalue weighted by Gasteiger charge is 2.51. The molecule has 1 aromatic rings. The fourth-order valence-corrected chi connectivity index (χ4v) is 2.18. The molecule has 3 atom stereocenters. The lowest BCUT2D eigenvalue weighted by Gasteiger charge is -2.50. The van der Waals surface area contributed by atoms with Gasteiger partial charge >= 0.3 is 0 Å². The second kappa shape index (κ2) is 4.26. The van der Waals surface area contributed by atoms with Crippen LogP contribution in [0.5, 0.6) is 5.75 Å². The summed E-state index contributed by atoms with van der Waals surface area (Å²) in [5.41, 5.74) is -0.422. The smallest absolute Gasteiger partial charge is 0.191 e. The van der Waals surface area contributed by atoms with E-state index in [2.05, 4.69) is 0 Å². The van der Waals surface area contributed by atoms with Crippen LogP contribution in [-0.2, 0) is 0 Å². The van der Waals surface area contributed by atoms with Crippen molar-refractivity contribution in [3.05, 3.63) is 29.8 Å². The van der Waals surface area contributed by atoms with Gasteiger partial charge in [-0.2, -0.15) is 0 Å². The number of rotatable bonds is 3. The third kappa shape index (κ3) is 1.90. The molecule has 0 radical (unpaired) electrons. The minimum atomic E-state index is -0.704. The minimum Gasteiger partial charge on any atom is -0.484 e. The Balaban J connectivity index is 2.18. The van der Waals surface area contributed by atoms with Crippen LogP contribution in [0.2, 0.25) is 0 Å². The molecule has 1 aromatic carbocycles. The quantitative estimate of drug-likeness (QED) is 0.883. The number of aliphatic hydroxyl groups is 1. The number of hydrogen-bond acceptors (Lipinski definition) is 2. The normalized spacial score (nSPS) is 32.1. The van der Waals surface area contributed by atoms with Crippen LogP contribution >= 0.6 is 0 Å². The van der Waals surface area contributed by atoms with Gasteiger partial charge < -0.3 is 9.84 Å². The van der Waals surface area contributed by atoms with E-state index in [1.165, 1.54) is 6.07 Å². The van der Waals surface area contributed by atoms with Crippen LogP contribution in [0.25, 0.3) is 0 Å². The number of benzene rings is 1. The molecular formula is C13H16F2O2. The average Bonchev–Trinajstić information content (AvgIpc) is 2.31. The molecule has 0 bridgehead atoms. The maximum absolute atomic E-state index is 13.4. The molecule has 94 valence electrons. The summed E-state index contributed by atoms with van der Waals surface area (Å²) in [6.45, 7) is 3.79. The summed E-state index contributed by atoms with van der Waals surface area (Å²) in [4.78, 5) is 0. The highest BCUT2D eigenvalue weighted by Crippen LogP contribution is 2.46. The van der Waals surface area contributed by atoms with E-state index >= 15 is 0 Å². The zero-order chi connectivity index (χ0) is 12.6. The monoisotopic (exact) mass is 242 g/mol. The highest BCUT2D eigenvalue weighted by molar-refractivity contribution is 5.27. The van der Waals surface area contributed by atoms with Gasteiger partial charge in [0.1, 0.15) is 6.10 Å². The predicted molar refractivity (Wildman–Crippen MR) is 59.8 cm³/mol. The largest absolute Gasteiger partial charge is 0.484 e. The van der Waals surface area contributed by atoms with Gasteiger partial charge in [-0.15, -0.1) is 0 Å². The fourth-order valence-electron chi connectivity index (χ4n) is 2.18. The predicted octanol–water partition coefficient (Wildman–Crippen LogP) is 2.89. The first kappa shape index (κ1) is 12.3. The average molecular weight is 242 g/mol. The van der Waals surface area contributed by atoms with Crippen molar-refractivity contribution in [1.29, 1.82) is 0 Å². The molecule has 1 fully saturated rings. The maximum atomic E-state index is 13.4. The van der Waals surface area contributed by atoms with Crippen molar-refractivity contribution in [3.63, 3.8) is 0 Å². The van der Waals surface area contributed by atoms with E-state index in [-0.39, 0.29) is 11.9 Å². The van der Waals surface area contributed by atoms with E-state index in [4.69, 9.17) is 4.74 Å². The fraction of sp³-hybridized carbons (Fsp3) is 0.538. The highest BCUT2D eigenvalue weighted by atomic mass is 19.1.